The number of carboxylic acid groups (broad SMARTS) is 9. The number of hydrogen-bond acceptors (Lipinski definition) is 18. The number of hydrogen-bond donors (Lipinski definition) is 18. The molecule has 0 radical (unpaired) electrons. The van der Waals surface area contributed by atoms with Gasteiger partial charge in [0, 0.05) is 78.5 Å². The molecule has 27 nitrogen and oxygen atoms in total. The third-order valence-corrected chi connectivity index (χ3v) is 6.73. The van der Waals surface area contributed by atoms with Crippen molar-refractivity contribution in [3.05, 3.63) is 0 Å². The summed E-state index contributed by atoms with van der Waals surface area (Å²) in [7, 11) is 0. The molecular weight excluding hydrogens is 780 g/mol. The van der Waals surface area contributed by atoms with E-state index in [9.17, 15) is 43.2 Å². The van der Waals surface area contributed by atoms with Gasteiger partial charge in [-0.25, -0.2) is 14.4 Å². The average molecular weight is 835 g/mol. The van der Waals surface area contributed by atoms with E-state index in [0.29, 0.717) is 0 Å². The van der Waals surface area contributed by atoms with Crippen molar-refractivity contribution in [2.24, 2.45) is 0 Å². The minimum atomic E-state index is -2.74. The molecule has 0 aromatic heterocycles. The summed E-state index contributed by atoms with van der Waals surface area (Å²) in [6.07, 6.45) is -6.87. The second-order valence-corrected chi connectivity index (χ2v) is 11.9. The Labute approximate surface area is 324 Å². The van der Waals surface area contributed by atoms with Gasteiger partial charge >= 0.3 is 53.7 Å². The molecule has 57 heavy (non-hydrogen) atoms. The first-order chi connectivity index (χ1) is 26.3. The number of carbonyl (C=O) groups is 9. The number of aliphatic carboxylic acids is 9. The third-order valence-electron chi connectivity index (χ3n) is 6.73. The molecule has 18 N–H and O–H groups in total. The van der Waals surface area contributed by atoms with Gasteiger partial charge in [0.15, 0.2) is 16.8 Å². The van der Waals surface area contributed by atoms with Gasteiger partial charge in [-0.3, -0.25) is 28.8 Å². The largest absolute Gasteiger partial charge is 0.481 e. The molecule has 0 aliphatic carbocycles. The van der Waals surface area contributed by atoms with E-state index >= 15 is 0 Å². The molecule has 0 bridgehead atoms. The smallest absolute Gasteiger partial charge is 0.336 e. The first kappa shape index (κ1) is 56.2. The van der Waals surface area contributed by atoms with Crippen LogP contribution in [0.2, 0.25) is 0 Å². The Kier molecular flexibility index (Phi) is 30.6. The maximum atomic E-state index is 10.3. The van der Waals surface area contributed by atoms with Gasteiger partial charge in [-0.15, -0.1) is 0 Å². The number of rotatable bonds is 15. The van der Waals surface area contributed by atoms with Crippen molar-refractivity contribution in [2.45, 2.75) is 55.3 Å². The van der Waals surface area contributed by atoms with E-state index in [4.69, 9.17) is 61.3 Å². The zero-order valence-electron chi connectivity index (χ0n) is 30.8. The summed E-state index contributed by atoms with van der Waals surface area (Å²) >= 11 is 0. The summed E-state index contributed by atoms with van der Waals surface area (Å²) in [5, 5.41) is 121. The van der Waals surface area contributed by atoms with E-state index < -0.39 is 109 Å². The van der Waals surface area contributed by atoms with E-state index in [1.807, 2.05) is 0 Å². The Morgan fingerprint density at radius 3 is 0.439 bits per heavy atom. The predicted molar refractivity (Wildman–Crippen MR) is 188 cm³/mol. The average Bonchev–Trinajstić information content (AvgIpc) is 3.10. The maximum absolute atomic E-state index is 10.3. The van der Waals surface area contributed by atoms with E-state index in [0.717, 1.165) is 78.5 Å². The normalized spacial score (nSPS) is 15.0. The summed E-state index contributed by atoms with van der Waals surface area (Å²) in [5.41, 5.74) is -8.22. The lowest BCUT2D eigenvalue weighted by Gasteiger charge is -2.18. The minimum absolute atomic E-state index is 1.14. The Bertz CT molecular complexity index is 1050. The van der Waals surface area contributed by atoms with Crippen molar-refractivity contribution < 1.29 is 104 Å². The first-order valence-corrected chi connectivity index (χ1v) is 16.8. The fourth-order valence-corrected chi connectivity index (χ4v) is 3.95. The van der Waals surface area contributed by atoms with Crippen LogP contribution in [0.4, 0.5) is 0 Å². The van der Waals surface area contributed by atoms with Crippen LogP contribution in [0.5, 0.6) is 0 Å². The minimum Gasteiger partial charge on any atom is -0.481 e. The van der Waals surface area contributed by atoms with Crippen LogP contribution in [-0.4, -0.2) is 210 Å². The van der Waals surface area contributed by atoms with Crippen molar-refractivity contribution in [2.75, 3.05) is 78.5 Å². The molecule has 0 unspecified atom stereocenters. The lowest BCUT2D eigenvalue weighted by atomic mass is 9.96. The maximum Gasteiger partial charge on any atom is 0.336 e. The quantitative estimate of drug-likeness (QED) is 0.0729. The van der Waals surface area contributed by atoms with Gasteiger partial charge in [-0.2, -0.15) is 0 Å². The topological polar surface area (TPSA) is 469 Å². The Hall–Kier alpha value is -5.13. The van der Waals surface area contributed by atoms with E-state index in [1.165, 1.54) is 0 Å². The summed E-state index contributed by atoms with van der Waals surface area (Å²) in [5.74, 6) is -15.1. The molecule has 0 amide bonds. The second kappa shape index (κ2) is 31.0. The summed E-state index contributed by atoms with van der Waals surface area (Å²) in [6.45, 7) is 13.7. The van der Waals surface area contributed by atoms with Crippen LogP contribution in [0.25, 0.3) is 0 Å². The van der Waals surface area contributed by atoms with Crippen molar-refractivity contribution in [1.29, 1.82) is 0 Å². The lowest BCUT2D eigenvalue weighted by Crippen LogP contribution is -2.42. The van der Waals surface area contributed by atoms with Crippen LogP contribution in [-0.2, 0) is 43.2 Å². The molecule has 3 fully saturated rings. The highest BCUT2D eigenvalue weighted by atomic mass is 16.4. The fourth-order valence-electron chi connectivity index (χ4n) is 3.95. The van der Waals surface area contributed by atoms with Gasteiger partial charge in [-0.05, 0) is 0 Å². The zero-order valence-corrected chi connectivity index (χ0v) is 30.8. The molecule has 0 saturated carbocycles. The lowest BCUT2D eigenvalue weighted by molar-refractivity contribution is -0.170. The Morgan fingerprint density at radius 2 is 0.386 bits per heavy atom. The molecule has 3 heterocycles. The van der Waals surface area contributed by atoms with Gasteiger partial charge in [0.25, 0.3) is 0 Å². The van der Waals surface area contributed by atoms with Gasteiger partial charge in [0.1, 0.15) is 0 Å². The van der Waals surface area contributed by atoms with E-state index in [2.05, 4.69) is 31.9 Å². The molecule has 330 valence electrons. The van der Waals surface area contributed by atoms with Gasteiger partial charge < -0.3 is 93.2 Å². The van der Waals surface area contributed by atoms with Crippen LogP contribution >= 0.6 is 0 Å². The molecule has 3 rings (SSSR count). The van der Waals surface area contributed by atoms with Crippen LogP contribution in [0, 0.1) is 0 Å². The number of nitrogens with one attached hydrogen (secondary N) is 6. The van der Waals surface area contributed by atoms with E-state index in [1.54, 1.807) is 0 Å². The van der Waals surface area contributed by atoms with Crippen LogP contribution in [0.3, 0.4) is 0 Å². The van der Waals surface area contributed by atoms with Crippen molar-refractivity contribution in [1.82, 2.24) is 31.9 Å². The number of aliphatic hydroxyl groups is 3. The number of carboxylic acids is 9. The highest BCUT2D eigenvalue weighted by molar-refractivity contribution is 5.89. The fraction of sp³-hybridized carbons (Fsp3) is 0.700. The molecule has 0 spiro atoms. The standard InChI is InChI=1S/3C6H8O7.3C4H10N2/c3*7-3(8)1-6(13,5(11)12)2-4(9)10;3*1-2-6-4-3-5-1/h3*13H,1-2H2,(H,7,8)(H,9,10)(H,11,12);3*5-6H,1-4H2. The summed E-state index contributed by atoms with van der Waals surface area (Å²) < 4.78 is 0. The van der Waals surface area contributed by atoms with Crippen LogP contribution < -0.4 is 31.9 Å². The Balaban J connectivity index is -0.000000632. The predicted octanol–water partition coefficient (Wildman–Crippen LogP) is -6.21. The monoisotopic (exact) mass is 834 g/mol. The summed E-state index contributed by atoms with van der Waals surface area (Å²) in [6, 6.07) is 0. The molecule has 0 atom stereocenters. The molecule has 3 aliphatic heterocycles. The molecular formula is C30H54N6O21. The van der Waals surface area contributed by atoms with E-state index in [-0.39, 0.29) is 0 Å². The van der Waals surface area contributed by atoms with Crippen molar-refractivity contribution in [3.63, 3.8) is 0 Å². The molecule has 0 aromatic rings. The van der Waals surface area contributed by atoms with Crippen LogP contribution in [0.1, 0.15) is 38.5 Å². The second-order valence-electron chi connectivity index (χ2n) is 11.9. The van der Waals surface area contributed by atoms with Crippen LogP contribution in [0.15, 0.2) is 0 Å². The molecule has 0 aromatic carbocycles. The SMILES string of the molecule is C1CNCCN1.C1CNCCN1.C1CNCCN1.O=C(O)CC(O)(CC(=O)O)C(=O)O.O=C(O)CC(O)(CC(=O)O)C(=O)O.O=C(O)CC(O)(CC(=O)O)C(=O)O. The number of piperazine rings is 3. The Morgan fingerprint density at radius 1 is 0.281 bits per heavy atom. The van der Waals surface area contributed by atoms with Gasteiger partial charge in [-0.1, -0.05) is 0 Å². The first-order valence-electron chi connectivity index (χ1n) is 16.8. The zero-order chi connectivity index (χ0) is 44.7. The third kappa shape index (κ3) is 32.8. The highest BCUT2D eigenvalue weighted by Gasteiger charge is 2.42. The molecule has 27 heteroatoms. The van der Waals surface area contributed by atoms with Gasteiger partial charge in [0.05, 0.1) is 38.5 Å². The molecule has 3 aliphatic rings. The van der Waals surface area contributed by atoms with Crippen molar-refractivity contribution in [3.8, 4) is 0 Å². The molecule has 3 saturated heterocycles. The van der Waals surface area contributed by atoms with Gasteiger partial charge in [0.2, 0.25) is 0 Å². The highest BCUT2D eigenvalue weighted by Crippen LogP contribution is 2.17. The van der Waals surface area contributed by atoms with Crippen molar-refractivity contribution >= 4 is 53.7 Å². The summed E-state index contributed by atoms with van der Waals surface area (Å²) in [4.78, 5) is 91.5.